The number of benzene rings is 2. The maximum atomic E-state index is 14.1. The Labute approximate surface area is 231 Å². The largest absolute Gasteiger partial charge is 0.494 e. The number of hydrogen-bond acceptors (Lipinski definition) is 6. The van der Waals surface area contributed by atoms with Gasteiger partial charge in [-0.2, -0.15) is 0 Å². The number of ether oxygens (including phenoxy) is 2. The van der Waals surface area contributed by atoms with E-state index in [1.165, 1.54) is 11.3 Å². The van der Waals surface area contributed by atoms with Crippen LogP contribution in [0.4, 0.5) is 0 Å². The summed E-state index contributed by atoms with van der Waals surface area (Å²) in [6.45, 7) is 12.7. The molecule has 0 N–H and O–H groups in total. The molecule has 0 aliphatic carbocycles. The summed E-state index contributed by atoms with van der Waals surface area (Å²) in [5, 5.41) is 1.10. The molecule has 202 valence electrons. The summed E-state index contributed by atoms with van der Waals surface area (Å²) in [6.07, 6.45) is 1.97. The Hall–Kier alpha value is -3.91. The zero-order chi connectivity index (χ0) is 27.8. The van der Waals surface area contributed by atoms with Gasteiger partial charge >= 0.3 is 5.97 Å². The molecule has 0 unspecified atom stereocenters. The number of aromatic nitrogens is 2. The van der Waals surface area contributed by atoms with Gasteiger partial charge in [-0.15, -0.1) is 0 Å². The molecule has 0 spiro atoms. The minimum Gasteiger partial charge on any atom is -0.494 e. The van der Waals surface area contributed by atoms with E-state index in [9.17, 15) is 9.59 Å². The molecule has 39 heavy (non-hydrogen) atoms. The van der Waals surface area contributed by atoms with E-state index in [0.717, 1.165) is 33.5 Å². The van der Waals surface area contributed by atoms with E-state index in [4.69, 9.17) is 14.5 Å². The van der Waals surface area contributed by atoms with Crippen LogP contribution in [0.2, 0.25) is 0 Å². The lowest BCUT2D eigenvalue weighted by atomic mass is 9.96. The van der Waals surface area contributed by atoms with Crippen molar-refractivity contribution < 1.29 is 14.3 Å². The first-order valence-corrected chi connectivity index (χ1v) is 14.1. The molecule has 0 amide bonds. The molecular formula is C31H33N3O4S. The molecule has 0 saturated carbocycles. The Morgan fingerprint density at radius 2 is 1.79 bits per heavy atom. The van der Waals surface area contributed by atoms with Crippen LogP contribution in [0.15, 0.2) is 69.6 Å². The van der Waals surface area contributed by atoms with Gasteiger partial charge in [-0.25, -0.2) is 9.79 Å². The minimum atomic E-state index is -0.656. The van der Waals surface area contributed by atoms with E-state index in [-0.39, 0.29) is 18.2 Å². The summed E-state index contributed by atoms with van der Waals surface area (Å²) in [5.41, 5.74) is 4.77. The Morgan fingerprint density at radius 1 is 1.08 bits per heavy atom. The molecule has 1 aliphatic rings. The number of esters is 1. The van der Waals surface area contributed by atoms with Gasteiger partial charge in [0.2, 0.25) is 0 Å². The average molecular weight is 544 g/mol. The van der Waals surface area contributed by atoms with Gasteiger partial charge < -0.3 is 14.0 Å². The van der Waals surface area contributed by atoms with Crippen LogP contribution in [-0.4, -0.2) is 28.3 Å². The first-order chi connectivity index (χ1) is 18.8. The van der Waals surface area contributed by atoms with Gasteiger partial charge in [0, 0.05) is 28.2 Å². The van der Waals surface area contributed by atoms with E-state index < -0.39 is 12.0 Å². The number of rotatable bonds is 7. The van der Waals surface area contributed by atoms with Crippen molar-refractivity contribution in [2.75, 3.05) is 13.2 Å². The number of allylic oxidation sites excluding steroid dienone is 1. The maximum Gasteiger partial charge on any atom is 0.338 e. The van der Waals surface area contributed by atoms with Gasteiger partial charge in [0.25, 0.3) is 5.56 Å². The molecule has 0 bridgehead atoms. The Kier molecular flexibility index (Phi) is 7.32. The van der Waals surface area contributed by atoms with Crippen molar-refractivity contribution in [2.45, 2.75) is 53.6 Å². The maximum absolute atomic E-state index is 14.1. The van der Waals surface area contributed by atoms with Gasteiger partial charge in [-0.1, -0.05) is 41.7 Å². The SMILES string of the molecule is CCOC(=O)C1=C(C)N=c2s/c(=C\c3c(C)n(C(C)C)c4ccccc34)c(=O)n2[C@H]1c1ccc(OCC)cc1. The smallest absolute Gasteiger partial charge is 0.338 e. The van der Waals surface area contributed by atoms with E-state index in [1.807, 2.05) is 49.4 Å². The topological polar surface area (TPSA) is 74.8 Å². The molecule has 0 fully saturated rings. The first kappa shape index (κ1) is 26.7. The van der Waals surface area contributed by atoms with Crippen molar-refractivity contribution in [1.29, 1.82) is 0 Å². The average Bonchev–Trinajstić information content (AvgIpc) is 3.37. The van der Waals surface area contributed by atoms with Crippen molar-refractivity contribution in [3.63, 3.8) is 0 Å². The highest BCUT2D eigenvalue weighted by Gasteiger charge is 2.33. The monoisotopic (exact) mass is 543 g/mol. The number of thiazole rings is 1. The number of para-hydroxylation sites is 1. The lowest BCUT2D eigenvalue weighted by Gasteiger charge is -2.24. The van der Waals surface area contributed by atoms with Crippen LogP contribution in [0, 0.1) is 6.92 Å². The Morgan fingerprint density at radius 3 is 2.46 bits per heavy atom. The molecule has 7 nitrogen and oxygen atoms in total. The Bertz CT molecular complexity index is 1770. The predicted octanol–water partition coefficient (Wildman–Crippen LogP) is 5.04. The second-order valence-corrected chi connectivity index (χ2v) is 10.8. The Balaban J connectivity index is 1.74. The molecule has 2 aromatic heterocycles. The van der Waals surface area contributed by atoms with Crippen molar-refractivity contribution in [3.8, 4) is 5.75 Å². The zero-order valence-corrected chi connectivity index (χ0v) is 24.0. The van der Waals surface area contributed by atoms with Crippen LogP contribution in [-0.2, 0) is 9.53 Å². The standard InChI is InChI=1S/C31H33N3O4S/c1-7-37-22-15-13-21(14-16-22)28-27(30(36)38-8-2)19(5)32-31-34(28)29(35)26(39-31)17-24-20(6)33(18(3)4)25-12-10-9-11-23(24)25/h9-18,28H,7-8H2,1-6H3/b26-17-/t28-/m0/s1. The highest BCUT2D eigenvalue weighted by Crippen LogP contribution is 2.32. The van der Waals surface area contributed by atoms with Crippen molar-refractivity contribution >= 4 is 34.3 Å². The number of carbonyl (C=O) groups excluding carboxylic acids is 1. The van der Waals surface area contributed by atoms with Crippen LogP contribution < -0.4 is 19.6 Å². The number of hydrogen-bond donors (Lipinski definition) is 0. The quantitative estimate of drug-likeness (QED) is 0.306. The summed E-state index contributed by atoms with van der Waals surface area (Å²) in [6, 6.07) is 15.4. The van der Waals surface area contributed by atoms with Crippen LogP contribution in [0.5, 0.6) is 5.75 Å². The van der Waals surface area contributed by atoms with Gasteiger partial charge in [-0.05, 0) is 71.4 Å². The van der Waals surface area contributed by atoms with E-state index in [0.29, 0.717) is 27.2 Å². The van der Waals surface area contributed by atoms with E-state index >= 15 is 0 Å². The van der Waals surface area contributed by atoms with Crippen LogP contribution >= 0.6 is 11.3 Å². The zero-order valence-electron chi connectivity index (χ0n) is 23.1. The molecule has 8 heteroatoms. The fourth-order valence-electron chi connectivity index (χ4n) is 5.42. The molecule has 3 heterocycles. The molecule has 1 atom stereocenters. The molecular weight excluding hydrogens is 510 g/mol. The third-order valence-corrected chi connectivity index (χ3v) is 8.00. The normalized spacial score (nSPS) is 15.6. The van der Waals surface area contributed by atoms with Gasteiger partial charge in [0.1, 0.15) is 5.75 Å². The van der Waals surface area contributed by atoms with E-state index in [1.54, 1.807) is 18.4 Å². The van der Waals surface area contributed by atoms with Crippen LogP contribution in [0.3, 0.4) is 0 Å². The lowest BCUT2D eigenvalue weighted by Crippen LogP contribution is -2.39. The number of nitrogens with zero attached hydrogens (tertiary/aromatic N) is 3. The molecule has 1 aliphatic heterocycles. The summed E-state index contributed by atoms with van der Waals surface area (Å²) in [4.78, 5) is 32.5. The van der Waals surface area contributed by atoms with Crippen molar-refractivity contribution in [2.24, 2.45) is 4.99 Å². The number of carbonyl (C=O) groups is 1. The fourth-order valence-corrected chi connectivity index (χ4v) is 6.44. The lowest BCUT2D eigenvalue weighted by molar-refractivity contribution is -0.139. The molecule has 4 aromatic rings. The highest BCUT2D eigenvalue weighted by molar-refractivity contribution is 7.07. The molecule has 2 aromatic carbocycles. The van der Waals surface area contributed by atoms with Gasteiger partial charge in [0.05, 0.1) is 35.1 Å². The molecule has 0 radical (unpaired) electrons. The molecule has 0 saturated heterocycles. The second-order valence-electron chi connectivity index (χ2n) is 9.78. The molecule has 5 rings (SSSR count). The van der Waals surface area contributed by atoms with Gasteiger partial charge in [-0.3, -0.25) is 9.36 Å². The third kappa shape index (κ3) is 4.63. The van der Waals surface area contributed by atoms with Gasteiger partial charge in [0.15, 0.2) is 4.80 Å². The second kappa shape index (κ2) is 10.7. The summed E-state index contributed by atoms with van der Waals surface area (Å²) < 4.78 is 15.5. The summed E-state index contributed by atoms with van der Waals surface area (Å²) in [5.74, 6) is 0.256. The third-order valence-electron chi connectivity index (χ3n) is 7.02. The summed E-state index contributed by atoms with van der Waals surface area (Å²) >= 11 is 1.34. The highest BCUT2D eigenvalue weighted by atomic mass is 32.1. The van der Waals surface area contributed by atoms with Crippen LogP contribution in [0.1, 0.15) is 63.5 Å². The predicted molar refractivity (Wildman–Crippen MR) is 155 cm³/mol. The van der Waals surface area contributed by atoms with Crippen molar-refractivity contribution in [1.82, 2.24) is 9.13 Å². The number of fused-ring (bicyclic) bond motifs is 2. The fraction of sp³-hybridized carbons (Fsp3) is 0.323. The first-order valence-electron chi connectivity index (χ1n) is 13.3. The summed E-state index contributed by atoms with van der Waals surface area (Å²) in [7, 11) is 0. The minimum absolute atomic E-state index is 0.187. The van der Waals surface area contributed by atoms with Crippen molar-refractivity contribution in [3.05, 3.63) is 96.3 Å². The van der Waals surface area contributed by atoms with Crippen LogP contribution in [0.25, 0.3) is 17.0 Å². The van der Waals surface area contributed by atoms with E-state index in [2.05, 4.69) is 37.5 Å².